The molecule has 0 aliphatic heterocycles. The lowest BCUT2D eigenvalue weighted by atomic mass is 10.2. The minimum Gasteiger partial charge on any atom is -0.480 e. The smallest absolute Gasteiger partial charge is 0.349 e. The van der Waals surface area contributed by atoms with Crippen LogP contribution < -0.4 is 26.3 Å². The van der Waals surface area contributed by atoms with Gasteiger partial charge in [-0.05, 0) is 18.2 Å². The van der Waals surface area contributed by atoms with Crippen LogP contribution in [0.1, 0.15) is 5.69 Å². The summed E-state index contributed by atoms with van der Waals surface area (Å²) in [5.74, 6) is 0.515. The number of nitrogens with zero attached hydrogens (tertiary/aromatic N) is 7. The van der Waals surface area contributed by atoms with Gasteiger partial charge in [0.2, 0.25) is 17.5 Å². The molecule has 0 fully saturated rings. The van der Waals surface area contributed by atoms with Gasteiger partial charge in [0.1, 0.15) is 11.8 Å². The van der Waals surface area contributed by atoms with Crippen LogP contribution in [0.5, 0.6) is 17.5 Å². The highest BCUT2D eigenvalue weighted by molar-refractivity contribution is 5.64. The topological polar surface area (TPSA) is 171 Å². The highest BCUT2D eigenvalue weighted by Crippen LogP contribution is 2.29. The molecule has 164 valence electrons. The summed E-state index contributed by atoms with van der Waals surface area (Å²) in [7, 11) is 2.90. The first-order chi connectivity index (χ1) is 15.9. The van der Waals surface area contributed by atoms with Crippen molar-refractivity contribution >= 4 is 0 Å². The minimum atomic E-state index is -0.882. The summed E-state index contributed by atoms with van der Waals surface area (Å²) in [6, 6.07) is 12.0. The van der Waals surface area contributed by atoms with Crippen molar-refractivity contribution in [2.75, 3.05) is 7.11 Å². The Morgan fingerprint density at radius 3 is 2.61 bits per heavy atom. The van der Waals surface area contributed by atoms with Crippen LogP contribution in [0.2, 0.25) is 0 Å². The predicted octanol–water partition coefficient (Wildman–Crippen LogP) is 0.144. The molecule has 3 aromatic heterocycles. The standard InChI is InChI=1S/C20H14N8O5/c1-27-17(29)9-13(14-6-7-16(32-2)24-22-14)18(26-27)33-12-5-3-4-11(8-12)28-19(30)15(10-21)23-25-20(28)31/h3-9H,1-2H3,(H,25,31). The van der Waals surface area contributed by atoms with E-state index in [2.05, 4.69) is 25.5 Å². The van der Waals surface area contributed by atoms with Gasteiger partial charge in [0.25, 0.3) is 11.1 Å². The zero-order valence-corrected chi connectivity index (χ0v) is 17.2. The van der Waals surface area contributed by atoms with Gasteiger partial charge in [0.15, 0.2) is 0 Å². The van der Waals surface area contributed by atoms with E-state index in [0.29, 0.717) is 5.69 Å². The maximum Gasteiger partial charge on any atom is 0.349 e. The number of benzene rings is 1. The summed E-state index contributed by atoms with van der Waals surface area (Å²) >= 11 is 0. The molecule has 1 N–H and O–H groups in total. The van der Waals surface area contributed by atoms with Gasteiger partial charge in [-0.1, -0.05) is 6.07 Å². The van der Waals surface area contributed by atoms with E-state index >= 15 is 0 Å². The van der Waals surface area contributed by atoms with Crippen molar-refractivity contribution in [3.05, 3.63) is 79.4 Å². The molecule has 0 unspecified atom stereocenters. The molecule has 0 spiro atoms. The van der Waals surface area contributed by atoms with E-state index < -0.39 is 22.5 Å². The van der Waals surface area contributed by atoms with Crippen LogP contribution in [0.4, 0.5) is 0 Å². The molecule has 3 heterocycles. The summed E-state index contributed by atoms with van der Waals surface area (Å²) in [4.78, 5) is 36.8. The highest BCUT2D eigenvalue weighted by atomic mass is 16.5. The Kier molecular flexibility index (Phi) is 5.48. The molecular weight excluding hydrogens is 432 g/mol. The molecule has 0 bridgehead atoms. The van der Waals surface area contributed by atoms with Gasteiger partial charge in [-0.3, -0.25) is 9.59 Å². The lowest BCUT2D eigenvalue weighted by molar-refractivity contribution is 0.392. The molecule has 1 aromatic carbocycles. The third-order valence-electron chi connectivity index (χ3n) is 4.45. The lowest BCUT2D eigenvalue weighted by Gasteiger charge is -2.12. The molecule has 0 atom stereocenters. The summed E-state index contributed by atoms with van der Waals surface area (Å²) in [6.07, 6.45) is 0. The Bertz CT molecular complexity index is 1560. The molecular formula is C20H14N8O5. The Morgan fingerprint density at radius 1 is 1.09 bits per heavy atom. The average molecular weight is 446 g/mol. The fourth-order valence-electron chi connectivity index (χ4n) is 2.85. The first-order valence-electron chi connectivity index (χ1n) is 9.28. The first kappa shape index (κ1) is 21.1. The van der Waals surface area contributed by atoms with Crippen molar-refractivity contribution in [1.29, 1.82) is 5.26 Å². The molecule has 0 aliphatic carbocycles. The number of hydrogen-bond donors (Lipinski definition) is 1. The summed E-state index contributed by atoms with van der Waals surface area (Å²) in [5, 5.41) is 26.6. The second-order valence-electron chi connectivity index (χ2n) is 6.52. The number of ether oxygens (including phenoxy) is 2. The van der Waals surface area contributed by atoms with E-state index in [4.69, 9.17) is 14.7 Å². The van der Waals surface area contributed by atoms with Gasteiger partial charge in [0, 0.05) is 25.2 Å². The van der Waals surface area contributed by atoms with Gasteiger partial charge in [-0.2, -0.15) is 10.4 Å². The fourth-order valence-corrected chi connectivity index (χ4v) is 2.85. The van der Waals surface area contributed by atoms with Crippen LogP contribution in [0.15, 0.2) is 56.8 Å². The highest BCUT2D eigenvalue weighted by Gasteiger charge is 2.16. The van der Waals surface area contributed by atoms with Crippen LogP contribution in [-0.2, 0) is 7.05 Å². The summed E-state index contributed by atoms with van der Waals surface area (Å²) in [5.41, 5.74) is -1.87. The average Bonchev–Trinajstić information content (AvgIpc) is 2.82. The quantitative estimate of drug-likeness (QED) is 0.445. The number of hydrogen-bond acceptors (Lipinski definition) is 10. The summed E-state index contributed by atoms with van der Waals surface area (Å²) in [6.45, 7) is 0. The normalized spacial score (nSPS) is 10.5. The van der Waals surface area contributed by atoms with Gasteiger partial charge in [0.05, 0.1) is 24.1 Å². The Balaban J connectivity index is 1.79. The molecule has 0 amide bonds. The van der Waals surface area contributed by atoms with E-state index in [1.807, 2.05) is 0 Å². The number of aromatic amines is 1. The molecule has 0 aliphatic rings. The number of H-pyrrole nitrogens is 1. The largest absolute Gasteiger partial charge is 0.480 e. The van der Waals surface area contributed by atoms with E-state index in [-0.39, 0.29) is 28.8 Å². The van der Waals surface area contributed by atoms with Gasteiger partial charge < -0.3 is 9.47 Å². The van der Waals surface area contributed by atoms with Crippen molar-refractivity contribution in [2.24, 2.45) is 7.05 Å². The molecule has 13 nitrogen and oxygen atoms in total. The number of nitrogens with one attached hydrogen (secondary N) is 1. The van der Waals surface area contributed by atoms with E-state index in [1.54, 1.807) is 24.3 Å². The molecule has 4 rings (SSSR count). The SMILES string of the molecule is COc1ccc(-c2cc(=O)n(C)nc2Oc2cccc(-n3c(=O)[nH]nc(C#N)c3=O)c2)nn1. The van der Waals surface area contributed by atoms with Crippen LogP contribution in [-0.4, -0.2) is 41.9 Å². The molecule has 4 aromatic rings. The Hall–Kier alpha value is -5.12. The number of aromatic nitrogens is 7. The van der Waals surface area contributed by atoms with E-state index in [0.717, 1.165) is 9.25 Å². The van der Waals surface area contributed by atoms with Crippen molar-refractivity contribution in [1.82, 2.24) is 34.7 Å². The maximum absolute atomic E-state index is 12.4. The second-order valence-corrected chi connectivity index (χ2v) is 6.52. The van der Waals surface area contributed by atoms with Crippen LogP contribution in [0.25, 0.3) is 16.9 Å². The predicted molar refractivity (Wildman–Crippen MR) is 112 cm³/mol. The van der Waals surface area contributed by atoms with Crippen LogP contribution in [0.3, 0.4) is 0 Å². The number of aryl methyl sites for hydroxylation is 1. The summed E-state index contributed by atoms with van der Waals surface area (Å²) < 4.78 is 12.7. The Labute approximate surface area is 184 Å². The third kappa shape index (κ3) is 4.08. The first-order valence-corrected chi connectivity index (χ1v) is 9.28. The van der Waals surface area contributed by atoms with Crippen molar-refractivity contribution < 1.29 is 9.47 Å². The van der Waals surface area contributed by atoms with Crippen molar-refractivity contribution in [3.63, 3.8) is 0 Å². The monoisotopic (exact) mass is 446 g/mol. The van der Waals surface area contributed by atoms with Crippen LogP contribution in [0, 0.1) is 11.3 Å². The second kappa shape index (κ2) is 8.55. The number of rotatable bonds is 5. The van der Waals surface area contributed by atoms with Crippen molar-refractivity contribution in [3.8, 4) is 40.5 Å². The Morgan fingerprint density at radius 2 is 1.91 bits per heavy atom. The maximum atomic E-state index is 12.4. The molecule has 0 radical (unpaired) electrons. The van der Waals surface area contributed by atoms with Crippen molar-refractivity contribution in [2.45, 2.75) is 0 Å². The van der Waals surface area contributed by atoms with Crippen LogP contribution >= 0.6 is 0 Å². The lowest BCUT2D eigenvalue weighted by Crippen LogP contribution is -2.36. The van der Waals surface area contributed by atoms with E-state index in [1.165, 1.54) is 38.4 Å². The molecule has 0 saturated heterocycles. The zero-order valence-electron chi connectivity index (χ0n) is 17.2. The van der Waals surface area contributed by atoms with E-state index in [9.17, 15) is 14.4 Å². The molecule has 13 heteroatoms. The zero-order chi connectivity index (χ0) is 23.5. The third-order valence-corrected chi connectivity index (χ3v) is 4.45. The van der Waals surface area contributed by atoms with Gasteiger partial charge in [-0.15, -0.1) is 15.3 Å². The number of nitriles is 1. The minimum absolute atomic E-state index is 0.0300. The van der Waals surface area contributed by atoms with Gasteiger partial charge >= 0.3 is 5.69 Å². The van der Waals surface area contributed by atoms with Gasteiger partial charge in [-0.25, -0.2) is 19.1 Å². The fraction of sp³-hybridized carbons (Fsp3) is 0.100. The molecule has 33 heavy (non-hydrogen) atoms. The number of methoxy groups -OCH3 is 1. The molecule has 0 saturated carbocycles.